The number of rotatable bonds is 8. The van der Waals surface area contributed by atoms with E-state index < -0.39 is 0 Å². The zero-order valence-corrected chi connectivity index (χ0v) is 14.3. The Morgan fingerprint density at radius 3 is 2.81 bits per heavy atom. The van der Waals surface area contributed by atoms with Crippen LogP contribution in [0.25, 0.3) is 0 Å². The van der Waals surface area contributed by atoms with Crippen molar-refractivity contribution in [1.82, 2.24) is 14.7 Å². The van der Waals surface area contributed by atoms with Crippen LogP contribution < -0.4 is 10.1 Å². The normalized spacial score (nSPS) is 12.3. The second-order valence-electron chi connectivity index (χ2n) is 4.49. The lowest BCUT2D eigenvalue weighted by Gasteiger charge is -2.19. The number of para-hydroxylation sites is 1. The van der Waals surface area contributed by atoms with Crippen LogP contribution in [0, 0.1) is 0 Å². The van der Waals surface area contributed by atoms with Crippen LogP contribution in [0.15, 0.2) is 28.6 Å². The molecular formula is C15H21N3OS2. The highest BCUT2D eigenvalue weighted by atomic mass is 32.2. The van der Waals surface area contributed by atoms with Crippen molar-refractivity contribution >= 4 is 23.3 Å². The smallest absolute Gasteiger partial charge is 0.170 e. The Bertz CT molecular complexity index is 559. The summed E-state index contributed by atoms with van der Waals surface area (Å²) in [5, 5.41) is 3.52. The van der Waals surface area contributed by atoms with E-state index in [0.717, 1.165) is 34.6 Å². The van der Waals surface area contributed by atoms with E-state index in [4.69, 9.17) is 4.74 Å². The quantitative estimate of drug-likeness (QED) is 0.753. The highest BCUT2D eigenvalue weighted by Gasteiger charge is 2.16. The fourth-order valence-corrected chi connectivity index (χ4v) is 3.86. The molecule has 1 aromatic carbocycles. The lowest BCUT2D eigenvalue weighted by atomic mass is 10.1. The van der Waals surface area contributed by atoms with Crippen LogP contribution in [-0.4, -0.2) is 28.8 Å². The molecule has 0 amide bonds. The molecule has 0 radical (unpaired) electrons. The Morgan fingerprint density at radius 2 is 2.14 bits per heavy atom. The summed E-state index contributed by atoms with van der Waals surface area (Å²) >= 11 is 3.23. The van der Waals surface area contributed by atoms with Gasteiger partial charge in [0.2, 0.25) is 0 Å². The number of nitrogens with zero attached hydrogens (tertiary/aromatic N) is 2. The van der Waals surface area contributed by atoms with Crippen LogP contribution in [-0.2, 0) is 6.42 Å². The molecular weight excluding hydrogens is 302 g/mol. The van der Waals surface area contributed by atoms with Crippen molar-refractivity contribution in [2.24, 2.45) is 0 Å². The minimum absolute atomic E-state index is 0.241. The van der Waals surface area contributed by atoms with Crippen LogP contribution in [0.4, 0.5) is 0 Å². The third-order valence-corrected chi connectivity index (χ3v) is 5.07. The minimum Gasteiger partial charge on any atom is -0.496 e. The van der Waals surface area contributed by atoms with Gasteiger partial charge in [0.05, 0.1) is 7.11 Å². The first-order chi connectivity index (χ1) is 10.3. The Morgan fingerprint density at radius 1 is 1.33 bits per heavy atom. The van der Waals surface area contributed by atoms with Gasteiger partial charge in [-0.15, -0.1) is 0 Å². The van der Waals surface area contributed by atoms with Crippen molar-refractivity contribution < 1.29 is 4.74 Å². The van der Waals surface area contributed by atoms with Crippen LogP contribution >= 0.6 is 23.3 Å². The average molecular weight is 323 g/mol. The molecule has 0 aliphatic carbocycles. The molecule has 0 bridgehead atoms. The number of thioether (sulfide) groups is 1. The highest BCUT2D eigenvalue weighted by Crippen LogP contribution is 2.30. The van der Waals surface area contributed by atoms with Crippen molar-refractivity contribution in [2.45, 2.75) is 30.6 Å². The van der Waals surface area contributed by atoms with E-state index in [1.54, 1.807) is 18.9 Å². The van der Waals surface area contributed by atoms with E-state index in [1.165, 1.54) is 17.1 Å². The predicted octanol–water partition coefficient (Wildman–Crippen LogP) is 3.55. The molecule has 0 aliphatic heterocycles. The summed E-state index contributed by atoms with van der Waals surface area (Å²) in [5.41, 5.74) is 1.19. The maximum absolute atomic E-state index is 5.47. The van der Waals surface area contributed by atoms with E-state index in [0.29, 0.717) is 0 Å². The molecule has 114 valence electrons. The summed E-state index contributed by atoms with van der Waals surface area (Å²) < 4.78 is 10.8. The topological polar surface area (TPSA) is 47.0 Å². The van der Waals surface area contributed by atoms with Crippen LogP contribution in [0.5, 0.6) is 5.75 Å². The number of aryl methyl sites for hydroxylation is 1. The summed E-state index contributed by atoms with van der Waals surface area (Å²) in [7, 11) is 1.72. The zero-order chi connectivity index (χ0) is 15.1. The fraction of sp³-hybridized carbons (Fsp3) is 0.467. The number of methoxy groups -OCH3 is 1. The van der Waals surface area contributed by atoms with E-state index in [-0.39, 0.29) is 6.04 Å². The molecule has 0 fully saturated rings. The van der Waals surface area contributed by atoms with Gasteiger partial charge in [0.25, 0.3) is 0 Å². The number of ether oxygens (including phenoxy) is 1. The first-order valence-electron chi connectivity index (χ1n) is 7.10. The third kappa shape index (κ3) is 4.43. The fourth-order valence-electron chi connectivity index (χ4n) is 2.05. The Labute approximate surface area is 134 Å². The molecule has 0 saturated heterocycles. The summed E-state index contributed by atoms with van der Waals surface area (Å²) in [6.45, 7) is 5.11. The largest absolute Gasteiger partial charge is 0.496 e. The zero-order valence-electron chi connectivity index (χ0n) is 12.6. The van der Waals surface area contributed by atoms with E-state index in [9.17, 15) is 0 Å². The van der Waals surface area contributed by atoms with Crippen molar-refractivity contribution in [2.75, 3.05) is 19.4 Å². The predicted molar refractivity (Wildman–Crippen MR) is 89.4 cm³/mol. The standard InChI is InChI=1S/C15H21N3OS2/c1-4-14-17-15(21-18-14)20-10-12(16-5-2)11-8-6-7-9-13(11)19-3/h6-9,12,16H,4-5,10H2,1-3H3. The summed E-state index contributed by atoms with van der Waals surface area (Å²) in [4.78, 5) is 4.51. The Kier molecular flexibility index (Phi) is 6.48. The first-order valence-corrected chi connectivity index (χ1v) is 8.86. The lowest BCUT2D eigenvalue weighted by molar-refractivity contribution is 0.403. The van der Waals surface area contributed by atoms with Crippen LogP contribution in [0.1, 0.15) is 31.3 Å². The summed E-state index contributed by atoms with van der Waals surface area (Å²) in [5.74, 6) is 2.77. The van der Waals surface area contributed by atoms with Gasteiger partial charge in [-0.3, -0.25) is 0 Å². The van der Waals surface area contributed by atoms with Gasteiger partial charge in [-0.1, -0.05) is 43.8 Å². The van der Waals surface area contributed by atoms with Gasteiger partial charge in [0.15, 0.2) is 4.34 Å². The Hall–Kier alpha value is -1.11. The SMILES string of the molecule is CCNC(CSc1nc(CC)ns1)c1ccccc1OC. The van der Waals surface area contributed by atoms with Gasteiger partial charge in [-0.2, -0.15) is 4.37 Å². The van der Waals surface area contributed by atoms with Crippen LogP contribution in [0.3, 0.4) is 0 Å². The average Bonchev–Trinajstić information content (AvgIpc) is 2.99. The Balaban J connectivity index is 2.08. The number of hydrogen-bond donors (Lipinski definition) is 1. The van der Waals surface area contributed by atoms with Crippen molar-refractivity contribution in [3.63, 3.8) is 0 Å². The van der Waals surface area contributed by atoms with Gasteiger partial charge < -0.3 is 10.1 Å². The number of benzene rings is 1. The van der Waals surface area contributed by atoms with Crippen LogP contribution in [0.2, 0.25) is 0 Å². The minimum atomic E-state index is 0.241. The van der Waals surface area contributed by atoms with Gasteiger partial charge in [-0.25, -0.2) is 4.98 Å². The number of nitrogens with one attached hydrogen (secondary N) is 1. The highest BCUT2D eigenvalue weighted by molar-refractivity contribution is 8.00. The van der Waals surface area contributed by atoms with Crippen molar-refractivity contribution in [3.8, 4) is 5.75 Å². The number of hydrogen-bond acceptors (Lipinski definition) is 6. The monoisotopic (exact) mass is 323 g/mol. The van der Waals surface area contributed by atoms with Gasteiger partial charge >= 0.3 is 0 Å². The molecule has 1 N–H and O–H groups in total. The molecule has 6 heteroatoms. The van der Waals surface area contributed by atoms with Gasteiger partial charge in [0, 0.05) is 23.8 Å². The van der Waals surface area contributed by atoms with Gasteiger partial charge in [0.1, 0.15) is 11.6 Å². The number of aromatic nitrogens is 2. The molecule has 1 heterocycles. The second-order valence-corrected chi connectivity index (χ2v) is 6.51. The molecule has 0 saturated carbocycles. The first kappa shape index (κ1) is 16.3. The summed E-state index contributed by atoms with van der Waals surface area (Å²) in [6.07, 6.45) is 0.889. The van der Waals surface area contributed by atoms with E-state index in [2.05, 4.69) is 34.6 Å². The van der Waals surface area contributed by atoms with Gasteiger partial charge in [-0.05, 0) is 24.1 Å². The molecule has 0 aliphatic rings. The molecule has 1 atom stereocenters. The molecule has 1 aromatic heterocycles. The van der Waals surface area contributed by atoms with Crippen molar-refractivity contribution in [1.29, 1.82) is 0 Å². The third-order valence-electron chi connectivity index (χ3n) is 3.10. The molecule has 21 heavy (non-hydrogen) atoms. The van der Waals surface area contributed by atoms with Crippen molar-refractivity contribution in [3.05, 3.63) is 35.7 Å². The molecule has 1 unspecified atom stereocenters. The molecule has 2 aromatic rings. The lowest BCUT2D eigenvalue weighted by Crippen LogP contribution is -2.23. The molecule has 2 rings (SSSR count). The summed E-state index contributed by atoms with van der Waals surface area (Å²) in [6, 6.07) is 8.41. The van der Waals surface area contributed by atoms with E-state index >= 15 is 0 Å². The maximum atomic E-state index is 5.47. The maximum Gasteiger partial charge on any atom is 0.170 e. The molecule has 4 nitrogen and oxygen atoms in total. The molecule has 0 spiro atoms. The second kappa shape index (κ2) is 8.36. The van der Waals surface area contributed by atoms with E-state index in [1.807, 2.05) is 18.2 Å².